The standard InChI is InChI=1S/C10H16BrN3O2/c1-14-5-9(13-7-14)10(15)12-4-3-8(11)6-16-2/h5,7-8H,3-4,6H2,1-2H3,(H,12,15). The van der Waals surface area contributed by atoms with Crippen LogP contribution in [0.2, 0.25) is 0 Å². The van der Waals surface area contributed by atoms with Crippen LogP contribution in [0.1, 0.15) is 16.9 Å². The summed E-state index contributed by atoms with van der Waals surface area (Å²) in [5.74, 6) is -0.141. The van der Waals surface area contributed by atoms with E-state index in [1.807, 2.05) is 7.05 Å². The van der Waals surface area contributed by atoms with Crippen molar-refractivity contribution in [2.45, 2.75) is 11.2 Å². The van der Waals surface area contributed by atoms with Crippen LogP contribution in [-0.2, 0) is 11.8 Å². The molecule has 1 rings (SSSR count). The van der Waals surface area contributed by atoms with Crippen molar-refractivity contribution >= 4 is 21.8 Å². The minimum absolute atomic E-state index is 0.141. The first-order chi connectivity index (χ1) is 7.63. The second-order valence-corrected chi connectivity index (χ2v) is 4.82. The fourth-order valence-corrected chi connectivity index (χ4v) is 1.72. The maximum Gasteiger partial charge on any atom is 0.271 e. The Morgan fingerprint density at radius 2 is 2.50 bits per heavy atom. The monoisotopic (exact) mass is 289 g/mol. The van der Waals surface area contributed by atoms with Crippen molar-refractivity contribution in [1.82, 2.24) is 14.9 Å². The summed E-state index contributed by atoms with van der Waals surface area (Å²) in [6, 6.07) is 0. The highest BCUT2D eigenvalue weighted by atomic mass is 79.9. The molecule has 1 unspecified atom stereocenters. The average Bonchev–Trinajstić information content (AvgIpc) is 2.65. The zero-order valence-electron chi connectivity index (χ0n) is 9.44. The van der Waals surface area contributed by atoms with Crippen LogP contribution < -0.4 is 5.32 Å². The number of rotatable bonds is 6. The Labute approximate surface area is 103 Å². The SMILES string of the molecule is COCC(Br)CCNC(=O)c1cn(C)cn1. The van der Waals surface area contributed by atoms with Gasteiger partial charge in [-0.05, 0) is 6.42 Å². The van der Waals surface area contributed by atoms with Gasteiger partial charge in [-0.15, -0.1) is 0 Å². The van der Waals surface area contributed by atoms with Gasteiger partial charge in [-0.25, -0.2) is 4.98 Å². The molecular formula is C10H16BrN3O2. The number of halogens is 1. The number of ether oxygens (including phenoxy) is 1. The van der Waals surface area contributed by atoms with E-state index in [4.69, 9.17) is 4.74 Å². The molecule has 0 aliphatic heterocycles. The maximum absolute atomic E-state index is 11.6. The third-order valence-corrected chi connectivity index (χ3v) is 2.75. The first kappa shape index (κ1) is 13.2. The van der Waals surface area contributed by atoms with E-state index < -0.39 is 0 Å². The van der Waals surface area contributed by atoms with E-state index in [1.54, 1.807) is 24.2 Å². The fourth-order valence-electron chi connectivity index (χ4n) is 1.23. The summed E-state index contributed by atoms with van der Waals surface area (Å²) < 4.78 is 6.72. The number of hydrogen-bond donors (Lipinski definition) is 1. The largest absolute Gasteiger partial charge is 0.384 e. The summed E-state index contributed by atoms with van der Waals surface area (Å²) in [6.45, 7) is 1.24. The topological polar surface area (TPSA) is 56.1 Å². The van der Waals surface area contributed by atoms with Crippen molar-refractivity contribution in [3.8, 4) is 0 Å². The molecule has 1 aromatic rings. The number of carbonyl (C=O) groups excluding carboxylic acids is 1. The van der Waals surface area contributed by atoms with E-state index in [-0.39, 0.29) is 10.7 Å². The highest BCUT2D eigenvalue weighted by Gasteiger charge is 2.09. The molecule has 0 saturated carbocycles. The van der Waals surface area contributed by atoms with Gasteiger partial charge in [0.15, 0.2) is 0 Å². The smallest absolute Gasteiger partial charge is 0.271 e. The summed E-state index contributed by atoms with van der Waals surface area (Å²) in [4.78, 5) is 15.8. The molecule has 1 atom stereocenters. The van der Waals surface area contributed by atoms with E-state index in [0.29, 0.717) is 18.8 Å². The number of aromatic nitrogens is 2. The van der Waals surface area contributed by atoms with Crippen LogP contribution >= 0.6 is 15.9 Å². The molecule has 5 nitrogen and oxygen atoms in total. The Hall–Kier alpha value is -0.880. The first-order valence-corrected chi connectivity index (χ1v) is 5.94. The van der Waals surface area contributed by atoms with Crippen molar-refractivity contribution < 1.29 is 9.53 Å². The number of aryl methyl sites for hydroxylation is 1. The van der Waals surface area contributed by atoms with Crippen LogP contribution in [-0.4, -0.2) is 40.5 Å². The van der Waals surface area contributed by atoms with Crippen molar-refractivity contribution in [2.24, 2.45) is 7.05 Å². The molecule has 0 saturated heterocycles. The van der Waals surface area contributed by atoms with Crippen LogP contribution in [0.3, 0.4) is 0 Å². The molecule has 1 heterocycles. The van der Waals surface area contributed by atoms with Gasteiger partial charge in [-0.3, -0.25) is 4.79 Å². The van der Waals surface area contributed by atoms with Gasteiger partial charge in [0.05, 0.1) is 12.9 Å². The molecular weight excluding hydrogens is 274 g/mol. The highest BCUT2D eigenvalue weighted by Crippen LogP contribution is 2.04. The van der Waals surface area contributed by atoms with Crippen LogP contribution in [0.15, 0.2) is 12.5 Å². The van der Waals surface area contributed by atoms with Crippen molar-refractivity contribution in [3.63, 3.8) is 0 Å². The molecule has 16 heavy (non-hydrogen) atoms. The third-order valence-electron chi connectivity index (χ3n) is 2.03. The molecule has 0 aliphatic carbocycles. The number of amides is 1. The Balaban J connectivity index is 2.25. The quantitative estimate of drug-likeness (QED) is 0.794. The Morgan fingerprint density at radius 1 is 1.75 bits per heavy atom. The molecule has 1 amide bonds. The molecule has 1 aromatic heterocycles. The van der Waals surface area contributed by atoms with Gasteiger partial charge in [0, 0.05) is 31.7 Å². The summed E-state index contributed by atoms with van der Waals surface area (Å²) in [6.07, 6.45) is 4.12. The molecule has 0 aliphatic rings. The fraction of sp³-hybridized carbons (Fsp3) is 0.600. The molecule has 0 bridgehead atoms. The van der Waals surface area contributed by atoms with E-state index in [2.05, 4.69) is 26.2 Å². The lowest BCUT2D eigenvalue weighted by Gasteiger charge is -2.08. The predicted molar refractivity (Wildman–Crippen MR) is 64.7 cm³/mol. The second-order valence-electron chi connectivity index (χ2n) is 3.52. The third kappa shape index (κ3) is 4.32. The molecule has 0 fully saturated rings. The van der Waals surface area contributed by atoms with E-state index >= 15 is 0 Å². The zero-order chi connectivity index (χ0) is 12.0. The minimum Gasteiger partial charge on any atom is -0.384 e. The summed E-state index contributed by atoms with van der Waals surface area (Å²) in [5, 5.41) is 2.80. The number of hydrogen-bond acceptors (Lipinski definition) is 3. The summed E-state index contributed by atoms with van der Waals surface area (Å²) in [5.41, 5.74) is 0.445. The van der Waals surface area contributed by atoms with Gasteiger partial charge >= 0.3 is 0 Å². The normalized spacial score (nSPS) is 12.4. The van der Waals surface area contributed by atoms with Crippen LogP contribution in [0.5, 0.6) is 0 Å². The minimum atomic E-state index is -0.141. The molecule has 0 aromatic carbocycles. The van der Waals surface area contributed by atoms with Crippen LogP contribution in [0.25, 0.3) is 0 Å². The number of carbonyl (C=O) groups is 1. The average molecular weight is 290 g/mol. The first-order valence-electron chi connectivity index (χ1n) is 5.02. The van der Waals surface area contributed by atoms with Gasteiger partial charge in [0.2, 0.25) is 0 Å². The molecule has 6 heteroatoms. The Morgan fingerprint density at radius 3 is 3.06 bits per heavy atom. The lowest BCUT2D eigenvalue weighted by Crippen LogP contribution is -2.27. The number of methoxy groups -OCH3 is 1. The Kier molecular flexibility index (Phi) is 5.48. The molecule has 0 spiro atoms. The zero-order valence-corrected chi connectivity index (χ0v) is 11.0. The van der Waals surface area contributed by atoms with E-state index in [0.717, 1.165) is 6.42 Å². The lowest BCUT2D eigenvalue weighted by molar-refractivity contribution is 0.0947. The van der Waals surface area contributed by atoms with Crippen molar-refractivity contribution in [2.75, 3.05) is 20.3 Å². The lowest BCUT2D eigenvalue weighted by atomic mass is 10.3. The summed E-state index contributed by atoms with van der Waals surface area (Å²) in [7, 11) is 3.48. The van der Waals surface area contributed by atoms with E-state index in [1.165, 1.54) is 0 Å². The van der Waals surface area contributed by atoms with Crippen molar-refractivity contribution in [3.05, 3.63) is 18.2 Å². The van der Waals surface area contributed by atoms with Gasteiger partial charge < -0.3 is 14.6 Å². The second kappa shape index (κ2) is 6.65. The van der Waals surface area contributed by atoms with Crippen LogP contribution in [0.4, 0.5) is 0 Å². The molecule has 90 valence electrons. The van der Waals surface area contributed by atoms with Gasteiger partial charge in [0.25, 0.3) is 5.91 Å². The number of alkyl halides is 1. The van der Waals surface area contributed by atoms with Gasteiger partial charge in [-0.2, -0.15) is 0 Å². The molecule has 1 N–H and O–H groups in total. The Bertz CT molecular complexity index is 341. The summed E-state index contributed by atoms with van der Waals surface area (Å²) >= 11 is 3.45. The predicted octanol–water partition coefficient (Wildman–Crippen LogP) is 0.950. The maximum atomic E-state index is 11.6. The van der Waals surface area contributed by atoms with Crippen molar-refractivity contribution in [1.29, 1.82) is 0 Å². The number of imidazole rings is 1. The van der Waals surface area contributed by atoms with Crippen LogP contribution in [0, 0.1) is 0 Å². The van der Waals surface area contributed by atoms with Gasteiger partial charge in [0.1, 0.15) is 5.69 Å². The highest BCUT2D eigenvalue weighted by molar-refractivity contribution is 9.09. The number of nitrogens with one attached hydrogen (secondary N) is 1. The number of nitrogens with zero attached hydrogens (tertiary/aromatic N) is 2. The van der Waals surface area contributed by atoms with Gasteiger partial charge in [-0.1, -0.05) is 15.9 Å². The molecule has 0 radical (unpaired) electrons. The van der Waals surface area contributed by atoms with E-state index in [9.17, 15) is 4.79 Å².